The van der Waals surface area contributed by atoms with Gasteiger partial charge in [-0.05, 0) is 32.9 Å². The molecule has 0 saturated carbocycles. The van der Waals surface area contributed by atoms with E-state index >= 15 is 0 Å². The second kappa shape index (κ2) is 8.33. The minimum absolute atomic E-state index is 0.0836. The van der Waals surface area contributed by atoms with E-state index in [1.807, 2.05) is 0 Å². The molecule has 0 bridgehead atoms. The zero-order valence-corrected chi connectivity index (χ0v) is 18.9. The molecule has 3 rings (SSSR count). The highest BCUT2D eigenvalue weighted by atomic mass is 35.5. The molecule has 0 unspecified atom stereocenters. The average molecular weight is 492 g/mol. The number of esters is 1. The summed E-state index contributed by atoms with van der Waals surface area (Å²) in [5.74, 6) is -1.59. The fourth-order valence-electron chi connectivity index (χ4n) is 2.71. The van der Waals surface area contributed by atoms with Gasteiger partial charge >= 0.3 is 5.97 Å². The quantitative estimate of drug-likeness (QED) is 0.579. The lowest BCUT2D eigenvalue weighted by atomic mass is 9.97. The Labute approximate surface area is 187 Å². The summed E-state index contributed by atoms with van der Waals surface area (Å²) in [6, 6.07) is 3.95. The van der Waals surface area contributed by atoms with Crippen LogP contribution in [0.4, 0.5) is 14.6 Å². The Balaban J connectivity index is 2.39. The number of aromatic nitrogens is 2. The van der Waals surface area contributed by atoms with Crippen LogP contribution in [0.1, 0.15) is 32.0 Å². The molecular weight excluding hydrogens is 475 g/mol. The van der Waals surface area contributed by atoms with E-state index in [9.17, 15) is 22.0 Å². The van der Waals surface area contributed by atoms with Gasteiger partial charge in [-0.15, -0.1) is 0 Å². The molecule has 0 atom stereocenters. The van der Waals surface area contributed by atoms with Crippen LogP contribution >= 0.6 is 23.2 Å². The van der Waals surface area contributed by atoms with Gasteiger partial charge in [0, 0.05) is 23.0 Å². The normalized spacial score (nSPS) is 15.8. The monoisotopic (exact) mass is 491 g/mol. The van der Waals surface area contributed by atoms with Gasteiger partial charge in [-0.1, -0.05) is 29.3 Å². The van der Waals surface area contributed by atoms with Gasteiger partial charge in [0.2, 0.25) is 0 Å². The van der Waals surface area contributed by atoms with E-state index in [4.69, 9.17) is 27.9 Å². The Morgan fingerprint density at radius 1 is 1.19 bits per heavy atom. The van der Waals surface area contributed by atoms with Gasteiger partial charge in [0.1, 0.15) is 4.91 Å². The Morgan fingerprint density at radius 2 is 1.84 bits per heavy atom. The molecule has 1 aliphatic heterocycles. The number of benzene rings is 1. The van der Waals surface area contributed by atoms with Gasteiger partial charge in [0.25, 0.3) is 16.4 Å². The first-order chi connectivity index (χ1) is 14.3. The number of ether oxygens (including phenoxy) is 1. The van der Waals surface area contributed by atoms with Crippen molar-refractivity contribution in [2.45, 2.75) is 27.2 Å². The summed E-state index contributed by atoms with van der Waals surface area (Å²) in [6.45, 7) is 3.54. The number of carbonyl (C=O) groups excluding carboxylic acids is 1. The van der Waals surface area contributed by atoms with Gasteiger partial charge in [0.05, 0.1) is 17.0 Å². The van der Waals surface area contributed by atoms with Crippen molar-refractivity contribution in [3.05, 3.63) is 51.9 Å². The number of carbonyl (C=O) groups is 1. The number of alkyl halides is 2. The SMILES string of the molecule is CC(C)(C)C(=O)OC1=C(c2ccc(Cl)cc2Cl)S(=O)(=O)N(CC(F)F)c2nccnc21. The summed E-state index contributed by atoms with van der Waals surface area (Å²) in [5, 5.41) is 0.139. The van der Waals surface area contributed by atoms with Crippen LogP contribution in [-0.2, 0) is 19.6 Å². The van der Waals surface area contributed by atoms with Crippen LogP contribution in [0.2, 0.25) is 10.0 Å². The van der Waals surface area contributed by atoms with E-state index in [-0.39, 0.29) is 27.1 Å². The van der Waals surface area contributed by atoms with Gasteiger partial charge in [-0.3, -0.25) is 4.79 Å². The lowest BCUT2D eigenvalue weighted by Crippen LogP contribution is -2.40. The summed E-state index contributed by atoms with van der Waals surface area (Å²) >= 11 is 12.2. The first-order valence-electron chi connectivity index (χ1n) is 8.88. The van der Waals surface area contributed by atoms with Gasteiger partial charge in [-0.2, -0.15) is 0 Å². The van der Waals surface area contributed by atoms with Gasteiger partial charge < -0.3 is 4.74 Å². The van der Waals surface area contributed by atoms with Crippen molar-refractivity contribution in [1.29, 1.82) is 0 Å². The number of nitrogens with zero attached hydrogens (tertiary/aromatic N) is 3. The second-order valence-electron chi connectivity index (χ2n) is 7.58. The minimum atomic E-state index is -4.68. The third-order valence-corrected chi connectivity index (χ3v) is 6.54. The molecule has 7 nitrogen and oxygen atoms in total. The van der Waals surface area contributed by atoms with Crippen LogP contribution in [0.25, 0.3) is 10.7 Å². The summed E-state index contributed by atoms with van der Waals surface area (Å²) in [6.07, 6.45) is -0.634. The van der Waals surface area contributed by atoms with E-state index in [0.29, 0.717) is 4.31 Å². The largest absolute Gasteiger partial charge is 0.422 e. The first kappa shape index (κ1) is 23.4. The van der Waals surface area contributed by atoms with Crippen molar-refractivity contribution < 1.29 is 26.7 Å². The van der Waals surface area contributed by atoms with Crippen molar-refractivity contribution in [2.24, 2.45) is 5.41 Å². The van der Waals surface area contributed by atoms with E-state index in [2.05, 4.69) is 9.97 Å². The second-order valence-corrected chi connectivity index (χ2v) is 10.2. The Kier molecular flexibility index (Phi) is 6.28. The fourth-order valence-corrected chi connectivity index (χ4v) is 4.99. The highest BCUT2D eigenvalue weighted by Crippen LogP contribution is 2.45. The molecule has 0 fully saturated rings. The average Bonchev–Trinajstić information content (AvgIpc) is 2.65. The number of hydrogen-bond donors (Lipinski definition) is 0. The lowest BCUT2D eigenvalue weighted by Gasteiger charge is -2.32. The standard InChI is InChI=1S/C19H17Cl2F2N3O4S/c1-19(2,3)18(27)30-15-14-17(25-7-6-24-14)26(9-13(22)23)31(28,29)16(15)11-5-4-10(20)8-12(11)21/h4-8,13H,9H2,1-3H3. The number of rotatable bonds is 4. The third-order valence-electron chi connectivity index (χ3n) is 4.17. The van der Waals surface area contributed by atoms with Crippen molar-refractivity contribution in [3.8, 4) is 0 Å². The number of fused-ring (bicyclic) bond motifs is 1. The maximum atomic E-state index is 13.5. The van der Waals surface area contributed by atoms with E-state index in [1.54, 1.807) is 20.8 Å². The number of sulfonamides is 1. The zero-order chi connectivity index (χ0) is 23.1. The lowest BCUT2D eigenvalue weighted by molar-refractivity contribution is -0.145. The molecule has 1 aliphatic rings. The third kappa shape index (κ3) is 4.51. The maximum absolute atomic E-state index is 13.5. The highest BCUT2D eigenvalue weighted by Gasteiger charge is 2.44. The van der Waals surface area contributed by atoms with Crippen LogP contribution < -0.4 is 4.31 Å². The number of anilines is 1. The molecule has 12 heteroatoms. The molecular formula is C19H17Cl2F2N3O4S. The van der Waals surface area contributed by atoms with Crippen LogP contribution in [0, 0.1) is 5.41 Å². The molecule has 0 N–H and O–H groups in total. The first-order valence-corrected chi connectivity index (χ1v) is 11.1. The Bertz CT molecular complexity index is 1180. The van der Waals surface area contributed by atoms with Gasteiger partial charge in [-0.25, -0.2) is 31.5 Å². The van der Waals surface area contributed by atoms with E-state index in [0.717, 1.165) is 6.20 Å². The molecule has 0 spiro atoms. The topological polar surface area (TPSA) is 89.5 Å². The molecule has 0 amide bonds. The Morgan fingerprint density at radius 3 is 2.42 bits per heavy atom. The maximum Gasteiger partial charge on any atom is 0.316 e. The van der Waals surface area contributed by atoms with Gasteiger partial charge in [0.15, 0.2) is 17.3 Å². The van der Waals surface area contributed by atoms with Crippen LogP contribution in [0.5, 0.6) is 0 Å². The van der Waals surface area contributed by atoms with Crippen molar-refractivity contribution >= 4 is 55.7 Å². The summed E-state index contributed by atoms with van der Waals surface area (Å²) in [5.41, 5.74) is -1.27. The molecule has 2 aromatic rings. The van der Waals surface area contributed by atoms with E-state index in [1.165, 1.54) is 24.4 Å². The Hall–Kier alpha value is -2.30. The summed E-state index contributed by atoms with van der Waals surface area (Å²) in [4.78, 5) is 20.0. The predicted molar refractivity (Wildman–Crippen MR) is 113 cm³/mol. The molecule has 31 heavy (non-hydrogen) atoms. The molecule has 0 aliphatic carbocycles. The van der Waals surface area contributed by atoms with E-state index < -0.39 is 45.0 Å². The van der Waals surface area contributed by atoms with Crippen LogP contribution in [-0.4, -0.2) is 37.3 Å². The van der Waals surface area contributed by atoms with Crippen LogP contribution in [0.15, 0.2) is 30.6 Å². The van der Waals surface area contributed by atoms with Crippen molar-refractivity contribution in [1.82, 2.24) is 9.97 Å². The molecule has 166 valence electrons. The molecule has 1 aromatic heterocycles. The fraction of sp³-hybridized carbons (Fsp3) is 0.316. The summed E-state index contributed by atoms with van der Waals surface area (Å²) < 4.78 is 59.4. The zero-order valence-electron chi connectivity index (χ0n) is 16.6. The smallest absolute Gasteiger partial charge is 0.316 e. The number of halogens is 4. The molecule has 2 heterocycles. The highest BCUT2D eigenvalue weighted by molar-refractivity contribution is 8.02. The minimum Gasteiger partial charge on any atom is -0.422 e. The van der Waals surface area contributed by atoms with Crippen LogP contribution in [0.3, 0.4) is 0 Å². The molecule has 0 radical (unpaired) electrons. The predicted octanol–water partition coefficient (Wildman–Crippen LogP) is 4.61. The van der Waals surface area contributed by atoms with Crippen molar-refractivity contribution in [3.63, 3.8) is 0 Å². The van der Waals surface area contributed by atoms with Crippen molar-refractivity contribution in [2.75, 3.05) is 10.8 Å². The molecule has 0 saturated heterocycles. The summed E-state index contributed by atoms with van der Waals surface area (Å²) in [7, 11) is -4.68. The number of hydrogen-bond acceptors (Lipinski definition) is 6. The molecule has 1 aromatic carbocycles.